The number of aryl methyl sites for hydroxylation is 1. The van der Waals surface area contributed by atoms with Crippen LogP contribution in [0, 0.1) is 13.8 Å². The number of nitrogens with zero attached hydrogens (tertiary/aromatic N) is 2. The van der Waals surface area contributed by atoms with Gasteiger partial charge in [-0.1, -0.05) is 18.2 Å². The first-order valence-corrected chi connectivity index (χ1v) is 8.10. The predicted molar refractivity (Wildman–Crippen MR) is 95.8 cm³/mol. The molecule has 1 N–H and O–H groups in total. The first-order valence-electron chi connectivity index (χ1n) is 8.10. The summed E-state index contributed by atoms with van der Waals surface area (Å²) in [5.74, 6) is -0.742. The Kier molecular flexibility index (Phi) is 4.72. The third-order valence-electron chi connectivity index (χ3n) is 4.34. The molecule has 2 amide bonds. The molecule has 0 atom stereocenters. The summed E-state index contributed by atoms with van der Waals surface area (Å²) in [6.45, 7) is 5.31. The molecule has 1 aromatic heterocycles. The van der Waals surface area contributed by atoms with E-state index in [-0.39, 0.29) is 11.5 Å². The number of methoxy groups -OCH3 is 1. The van der Waals surface area contributed by atoms with Gasteiger partial charge in [-0.3, -0.25) is 15.0 Å². The summed E-state index contributed by atoms with van der Waals surface area (Å²) in [6.07, 6.45) is 1.66. The van der Waals surface area contributed by atoms with Crippen LogP contribution in [0.4, 0.5) is 5.69 Å². The number of hydrazine groups is 1. The fourth-order valence-electron chi connectivity index (χ4n) is 2.97. The van der Waals surface area contributed by atoms with Gasteiger partial charge in [-0.2, -0.15) is 0 Å². The van der Waals surface area contributed by atoms with Gasteiger partial charge in [0.2, 0.25) is 0 Å². The minimum absolute atomic E-state index is 0.135. The molecule has 0 aliphatic carbocycles. The lowest BCUT2D eigenvalue weighted by atomic mass is 10.1. The van der Waals surface area contributed by atoms with Crippen molar-refractivity contribution in [1.82, 2.24) is 9.99 Å². The molecule has 1 saturated heterocycles. The van der Waals surface area contributed by atoms with E-state index in [0.29, 0.717) is 12.3 Å². The van der Waals surface area contributed by atoms with Crippen molar-refractivity contribution in [3.8, 4) is 0 Å². The highest BCUT2D eigenvalue weighted by Gasteiger charge is 2.34. The van der Waals surface area contributed by atoms with Crippen LogP contribution >= 0.6 is 0 Å². The SMILES string of the molecule is COCCn1c(C)cc(/C=C2/C(=O)NN(c3ccccc3)C2=O)c1C. The van der Waals surface area contributed by atoms with Gasteiger partial charge in [0.25, 0.3) is 11.8 Å². The Morgan fingerprint density at radius 1 is 1.16 bits per heavy atom. The van der Waals surface area contributed by atoms with Crippen molar-refractivity contribution >= 4 is 23.6 Å². The molecule has 6 heteroatoms. The second-order valence-corrected chi connectivity index (χ2v) is 5.95. The van der Waals surface area contributed by atoms with Gasteiger partial charge in [-0.15, -0.1) is 0 Å². The number of hydrogen-bond donors (Lipinski definition) is 1. The van der Waals surface area contributed by atoms with Crippen LogP contribution in [0.5, 0.6) is 0 Å². The van der Waals surface area contributed by atoms with Crippen molar-refractivity contribution in [2.75, 3.05) is 18.7 Å². The average molecular weight is 339 g/mol. The van der Waals surface area contributed by atoms with E-state index in [9.17, 15) is 9.59 Å². The van der Waals surface area contributed by atoms with Crippen LogP contribution in [0.1, 0.15) is 17.0 Å². The zero-order chi connectivity index (χ0) is 18.0. The molecule has 6 nitrogen and oxygen atoms in total. The molecular formula is C19H21N3O3. The van der Waals surface area contributed by atoms with Crippen LogP contribution in [-0.2, 0) is 20.9 Å². The first-order chi connectivity index (χ1) is 12.0. The minimum Gasteiger partial charge on any atom is -0.383 e. The molecule has 1 aromatic carbocycles. The number of ether oxygens (including phenoxy) is 1. The average Bonchev–Trinajstić information content (AvgIpc) is 3.04. The Bertz CT molecular complexity index is 837. The number of aromatic nitrogens is 1. The highest BCUT2D eigenvalue weighted by atomic mass is 16.5. The van der Waals surface area contributed by atoms with E-state index in [1.165, 1.54) is 5.01 Å². The van der Waals surface area contributed by atoms with Gasteiger partial charge in [0.05, 0.1) is 12.3 Å². The minimum atomic E-state index is -0.393. The number of rotatable bonds is 5. The quantitative estimate of drug-likeness (QED) is 0.671. The van der Waals surface area contributed by atoms with E-state index in [2.05, 4.69) is 9.99 Å². The molecule has 0 bridgehead atoms. The van der Waals surface area contributed by atoms with Crippen molar-refractivity contribution in [3.63, 3.8) is 0 Å². The van der Waals surface area contributed by atoms with Gasteiger partial charge in [-0.25, -0.2) is 5.01 Å². The summed E-state index contributed by atoms with van der Waals surface area (Å²) in [7, 11) is 1.66. The summed E-state index contributed by atoms with van der Waals surface area (Å²) >= 11 is 0. The Balaban J connectivity index is 1.91. The summed E-state index contributed by atoms with van der Waals surface area (Å²) in [5, 5.41) is 1.28. The second-order valence-electron chi connectivity index (χ2n) is 5.95. The molecule has 2 aromatic rings. The number of nitrogens with one attached hydrogen (secondary N) is 1. The fraction of sp³-hybridized carbons (Fsp3) is 0.263. The molecule has 0 radical (unpaired) electrons. The van der Waals surface area contributed by atoms with Crippen molar-refractivity contribution in [2.45, 2.75) is 20.4 Å². The predicted octanol–water partition coefficient (Wildman–Crippen LogP) is 2.21. The molecule has 0 spiro atoms. The summed E-state index contributed by atoms with van der Waals surface area (Å²) in [6, 6.07) is 11.0. The summed E-state index contributed by atoms with van der Waals surface area (Å²) < 4.78 is 7.25. The van der Waals surface area contributed by atoms with Crippen LogP contribution in [0.15, 0.2) is 42.0 Å². The highest BCUT2D eigenvalue weighted by Crippen LogP contribution is 2.23. The molecule has 0 unspecified atom stereocenters. The molecule has 2 heterocycles. The summed E-state index contributed by atoms with van der Waals surface area (Å²) in [4.78, 5) is 24.9. The lowest BCUT2D eigenvalue weighted by Crippen LogP contribution is -2.35. The van der Waals surface area contributed by atoms with Gasteiger partial charge in [0.15, 0.2) is 0 Å². The van der Waals surface area contributed by atoms with Crippen LogP contribution in [0.25, 0.3) is 6.08 Å². The lowest BCUT2D eigenvalue weighted by molar-refractivity contribution is -0.117. The van der Waals surface area contributed by atoms with E-state index < -0.39 is 5.91 Å². The Labute approximate surface area is 146 Å². The van der Waals surface area contributed by atoms with Crippen molar-refractivity contribution in [3.05, 3.63) is 58.9 Å². The highest BCUT2D eigenvalue weighted by molar-refractivity contribution is 6.31. The molecular weight excluding hydrogens is 318 g/mol. The molecule has 3 rings (SSSR count). The Morgan fingerprint density at radius 3 is 2.56 bits per heavy atom. The number of benzene rings is 1. The Morgan fingerprint density at radius 2 is 1.88 bits per heavy atom. The Hall–Kier alpha value is -2.86. The third-order valence-corrected chi connectivity index (χ3v) is 4.34. The van der Waals surface area contributed by atoms with Crippen molar-refractivity contribution in [1.29, 1.82) is 0 Å². The van der Waals surface area contributed by atoms with Gasteiger partial charge in [-0.05, 0) is 43.7 Å². The van der Waals surface area contributed by atoms with Crippen LogP contribution in [0.3, 0.4) is 0 Å². The van der Waals surface area contributed by atoms with Gasteiger partial charge in [0.1, 0.15) is 5.57 Å². The number of para-hydroxylation sites is 1. The zero-order valence-electron chi connectivity index (χ0n) is 14.6. The normalized spacial score (nSPS) is 16.0. The van der Waals surface area contributed by atoms with Crippen molar-refractivity contribution < 1.29 is 14.3 Å². The number of carbonyl (C=O) groups excluding carboxylic acids is 2. The lowest BCUT2D eigenvalue weighted by Gasteiger charge is -2.13. The molecule has 0 saturated carbocycles. The van der Waals surface area contributed by atoms with E-state index in [1.807, 2.05) is 38.1 Å². The number of amides is 2. The maximum Gasteiger partial charge on any atom is 0.282 e. The van der Waals surface area contributed by atoms with Gasteiger partial charge in [0, 0.05) is 25.0 Å². The van der Waals surface area contributed by atoms with E-state index in [1.54, 1.807) is 25.3 Å². The molecule has 130 valence electrons. The summed E-state index contributed by atoms with van der Waals surface area (Å²) in [5.41, 5.74) is 6.31. The topological polar surface area (TPSA) is 63.6 Å². The zero-order valence-corrected chi connectivity index (χ0v) is 14.6. The van der Waals surface area contributed by atoms with Gasteiger partial charge >= 0.3 is 0 Å². The maximum atomic E-state index is 12.6. The first kappa shape index (κ1) is 17.0. The van der Waals surface area contributed by atoms with Crippen molar-refractivity contribution in [2.24, 2.45) is 0 Å². The second kappa shape index (κ2) is 6.94. The van der Waals surface area contributed by atoms with E-state index in [4.69, 9.17) is 4.74 Å². The molecule has 25 heavy (non-hydrogen) atoms. The third kappa shape index (κ3) is 3.21. The monoisotopic (exact) mass is 339 g/mol. The van der Waals surface area contributed by atoms with Crippen LogP contribution in [0.2, 0.25) is 0 Å². The smallest absolute Gasteiger partial charge is 0.282 e. The molecule has 1 fully saturated rings. The number of anilines is 1. The van der Waals surface area contributed by atoms with E-state index in [0.717, 1.165) is 23.5 Å². The largest absolute Gasteiger partial charge is 0.383 e. The number of hydrogen-bond acceptors (Lipinski definition) is 3. The van der Waals surface area contributed by atoms with E-state index >= 15 is 0 Å². The fourth-order valence-corrected chi connectivity index (χ4v) is 2.97. The standard InChI is InChI=1S/C19H21N3O3/c1-13-11-15(14(2)21(13)9-10-25-3)12-17-18(23)20-22(19(17)24)16-7-5-4-6-8-16/h4-8,11-12H,9-10H2,1-3H3,(H,20,23)/b17-12-. The van der Waals surface area contributed by atoms with Gasteiger partial charge < -0.3 is 9.30 Å². The van der Waals surface area contributed by atoms with Crippen LogP contribution < -0.4 is 10.4 Å². The van der Waals surface area contributed by atoms with Crippen LogP contribution in [-0.4, -0.2) is 30.1 Å². The molecule has 1 aliphatic heterocycles. The molecule has 1 aliphatic rings. The maximum absolute atomic E-state index is 12.6. The number of carbonyl (C=O) groups is 2.